The third-order valence-electron chi connectivity index (χ3n) is 8.79. The van der Waals surface area contributed by atoms with Gasteiger partial charge in [-0.1, -0.05) is 50.1 Å². The van der Waals surface area contributed by atoms with Crippen LogP contribution in [-0.2, 0) is 27.3 Å². The molecular formula is C34H48ClN3O5S. The molecule has 242 valence electrons. The lowest BCUT2D eigenvalue weighted by atomic mass is 9.70. The number of aryl methyl sites for hydroxylation is 1. The number of nitrogens with zero attached hydrogens (tertiary/aromatic N) is 2. The van der Waals surface area contributed by atoms with Gasteiger partial charge in [0, 0.05) is 44.7 Å². The second-order valence-corrected chi connectivity index (χ2v) is 13.9. The van der Waals surface area contributed by atoms with E-state index in [9.17, 15) is 9.35 Å². The molecule has 0 spiro atoms. The molecule has 1 aliphatic carbocycles. The van der Waals surface area contributed by atoms with E-state index in [1.54, 1.807) is 20.3 Å². The van der Waals surface area contributed by atoms with E-state index in [2.05, 4.69) is 47.8 Å². The number of aromatic nitrogens is 1. The van der Waals surface area contributed by atoms with E-state index >= 15 is 0 Å². The van der Waals surface area contributed by atoms with Crippen molar-refractivity contribution in [1.82, 2.24) is 9.71 Å². The van der Waals surface area contributed by atoms with Gasteiger partial charge in [-0.3, -0.25) is 4.79 Å². The molecule has 6 unspecified atom stereocenters. The zero-order chi connectivity index (χ0) is 31.6. The molecule has 1 aromatic heterocycles. The van der Waals surface area contributed by atoms with Crippen LogP contribution in [0.25, 0.3) is 0 Å². The number of anilines is 1. The fraction of sp³-hybridized carbons (Fsp3) is 0.588. The summed E-state index contributed by atoms with van der Waals surface area (Å²) >= 11 is 4.85. The Kier molecular flexibility index (Phi) is 13.2. The van der Waals surface area contributed by atoms with Crippen molar-refractivity contribution in [2.24, 2.45) is 11.8 Å². The number of pyridine rings is 1. The molecule has 10 heteroatoms. The minimum Gasteiger partial charge on any atom is -0.593 e. The third-order valence-corrected chi connectivity index (χ3v) is 10.4. The van der Waals surface area contributed by atoms with Crippen LogP contribution in [0.15, 0.2) is 42.5 Å². The van der Waals surface area contributed by atoms with E-state index in [1.165, 1.54) is 11.1 Å². The van der Waals surface area contributed by atoms with E-state index in [0.717, 1.165) is 43.7 Å². The van der Waals surface area contributed by atoms with Gasteiger partial charge in [-0.2, -0.15) is 4.72 Å². The van der Waals surface area contributed by atoms with E-state index in [1.807, 2.05) is 19.1 Å². The highest BCUT2D eigenvalue weighted by Gasteiger charge is 2.39. The van der Waals surface area contributed by atoms with Gasteiger partial charge >= 0.3 is 5.91 Å². The highest BCUT2D eigenvalue weighted by Crippen LogP contribution is 2.42. The lowest BCUT2D eigenvalue weighted by Gasteiger charge is -2.43. The van der Waals surface area contributed by atoms with Crippen molar-refractivity contribution < 1.29 is 23.6 Å². The number of ether oxygens (including phenoxy) is 3. The summed E-state index contributed by atoms with van der Waals surface area (Å²) < 4.78 is 32.8. The molecule has 2 aromatic rings. The van der Waals surface area contributed by atoms with Crippen molar-refractivity contribution in [3.63, 3.8) is 0 Å². The molecule has 0 bridgehead atoms. The van der Waals surface area contributed by atoms with Crippen molar-refractivity contribution in [3.05, 3.63) is 64.3 Å². The molecule has 2 aliphatic rings. The molecule has 1 amide bonds. The van der Waals surface area contributed by atoms with Gasteiger partial charge in [0.15, 0.2) is 11.6 Å². The number of benzene rings is 1. The molecule has 1 saturated carbocycles. The Morgan fingerprint density at radius 1 is 1.27 bits per heavy atom. The molecule has 2 heterocycles. The Morgan fingerprint density at radius 2 is 2.09 bits per heavy atom. The first-order chi connectivity index (χ1) is 21.3. The van der Waals surface area contributed by atoms with Gasteiger partial charge < -0.3 is 23.7 Å². The molecule has 0 saturated heterocycles. The summed E-state index contributed by atoms with van der Waals surface area (Å²) in [5.74, 6) is 1.73. The lowest BCUT2D eigenvalue weighted by Crippen LogP contribution is -2.44. The summed E-state index contributed by atoms with van der Waals surface area (Å²) in [6.07, 6.45) is 10.2. The van der Waals surface area contributed by atoms with Crippen molar-refractivity contribution in [2.45, 2.75) is 76.6 Å². The normalized spacial score (nSPS) is 22.0. The van der Waals surface area contributed by atoms with Crippen molar-refractivity contribution in [2.75, 3.05) is 45.4 Å². The number of methoxy groups -OCH3 is 2. The molecule has 0 radical (unpaired) electrons. The first-order valence-electron chi connectivity index (χ1n) is 15.9. The second-order valence-electron chi connectivity index (χ2n) is 11.9. The number of amides is 1. The molecule has 4 rings (SSSR count). The Hall–Kier alpha value is -2.30. The van der Waals surface area contributed by atoms with Crippen LogP contribution in [0.3, 0.4) is 0 Å². The van der Waals surface area contributed by atoms with Crippen molar-refractivity contribution >= 4 is 34.7 Å². The fourth-order valence-electron chi connectivity index (χ4n) is 6.14. The van der Waals surface area contributed by atoms with Gasteiger partial charge in [-0.15, -0.1) is 0 Å². The number of nitrogens with one attached hydrogen (secondary N) is 1. The van der Waals surface area contributed by atoms with Gasteiger partial charge in [0.25, 0.3) is 0 Å². The van der Waals surface area contributed by atoms with E-state index in [0.29, 0.717) is 49.6 Å². The van der Waals surface area contributed by atoms with Crippen molar-refractivity contribution in [1.29, 1.82) is 0 Å². The number of rotatable bonds is 15. The summed E-state index contributed by atoms with van der Waals surface area (Å²) in [6.45, 7) is 8.56. The monoisotopic (exact) mass is 645 g/mol. The summed E-state index contributed by atoms with van der Waals surface area (Å²) in [4.78, 5) is 20.4. The van der Waals surface area contributed by atoms with Gasteiger partial charge in [0.05, 0.1) is 30.7 Å². The maximum atomic E-state index is 13.2. The summed E-state index contributed by atoms with van der Waals surface area (Å²) in [5.41, 5.74) is 2.69. The van der Waals surface area contributed by atoms with E-state index in [-0.39, 0.29) is 23.0 Å². The number of carbonyl (C=O) groups is 1. The van der Waals surface area contributed by atoms with E-state index in [4.69, 9.17) is 30.8 Å². The predicted molar refractivity (Wildman–Crippen MR) is 178 cm³/mol. The standard InChI is InChI=1S/C34H48ClN3O5S/c1-6-8-10-31(42-5)29-13-11-25(29)20-38-21-26(28-14-12-27(35)19-24(28)9-7-2)22-43-32-16-15-30(36-33(32)38)34(39)37-44(40)23(3)17-18-41-4/h8,10,12,14-16,19,23,25-26,29,31H,6-7,9,11,13,17-18,20-22H2,1-5H3,(H,37,39)/b10-8+. The number of allylic oxidation sites excluding steroid dienone is 1. The van der Waals surface area contributed by atoms with Gasteiger partial charge in [-0.05, 0) is 79.8 Å². The van der Waals surface area contributed by atoms with Crippen LogP contribution in [0, 0.1) is 11.8 Å². The lowest BCUT2D eigenvalue weighted by molar-refractivity contribution is 0.0134. The first-order valence-corrected chi connectivity index (χ1v) is 17.5. The van der Waals surface area contributed by atoms with Crippen LogP contribution < -0.4 is 14.4 Å². The highest BCUT2D eigenvalue weighted by molar-refractivity contribution is 7.90. The Balaban J connectivity index is 1.63. The third kappa shape index (κ3) is 8.69. The van der Waals surface area contributed by atoms with Crippen LogP contribution in [0.4, 0.5) is 5.82 Å². The van der Waals surface area contributed by atoms with Crippen LogP contribution >= 0.6 is 11.6 Å². The molecular weight excluding hydrogens is 598 g/mol. The minimum atomic E-state index is -1.56. The topological polar surface area (TPSA) is 96.0 Å². The Morgan fingerprint density at radius 3 is 2.77 bits per heavy atom. The number of fused-ring (bicyclic) bond motifs is 1. The minimum absolute atomic E-state index is 0.0692. The zero-order valence-corrected chi connectivity index (χ0v) is 28.3. The number of carbonyl (C=O) groups excluding carboxylic acids is 1. The number of halogens is 1. The van der Waals surface area contributed by atoms with Gasteiger partial charge in [0.2, 0.25) is 0 Å². The molecule has 1 aliphatic heterocycles. The first kappa shape index (κ1) is 34.6. The average molecular weight is 646 g/mol. The van der Waals surface area contributed by atoms with Crippen LogP contribution in [0.1, 0.15) is 80.4 Å². The van der Waals surface area contributed by atoms with Gasteiger partial charge in [0.1, 0.15) is 10.9 Å². The van der Waals surface area contributed by atoms with Crippen LogP contribution in [0.5, 0.6) is 5.75 Å². The smallest absolute Gasteiger partial charge is 0.310 e. The highest BCUT2D eigenvalue weighted by atomic mass is 35.5. The zero-order valence-electron chi connectivity index (χ0n) is 26.7. The second kappa shape index (κ2) is 16.9. The number of hydrogen-bond acceptors (Lipinski definition) is 7. The van der Waals surface area contributed by atoms with Crippen molar-refractivity contribution in [3.8, 4) is 5.75 Å². The molecule has 1 aromatic carbocycles. The molecule has 6 atom stereocenters. The predicted octanol–water partition coefficient (Wildman–Crippen LogP) is 6.50. The SMILES string of the molecule is CC/C=C/C(OC)C1CCC1CN1CC(c2ccc(Cl)cc2CCC)COc2ccc(C(=O)N[S+]([O-])C(C)CCOC)nc21. The summed E-state index contributed by atoms with van der Waals surface area (Å²) in [5, 5.41) is 0.490. The molecule has 8 nitrogen and oxygen atoms in total. The summed E-state index contributed by atoms with van der Waals surface area (Å²) in [6, 6.07) is 9.63. The van der Waals surface area contributed by atoms with Gasteiger partial charge in [-0.25, -0.2) is 4.98 Å². The summed E-state index contributed by atoms with van der Waals surface area (Å²) in [7, 11) is 3.39. The molecule has 44 heavy (non-hydrogen) atoms. The van der Waals surface area contributed by atoms with E-state index < -0.39 is 17.3 Å². The Bertz CT molecular complexity index is 1260. The molecule has 1 N–H and O–H groups in total. The number of hydrogen-bond donors (Lipinski definition) is 1. The van der Waals surface area contributed by atoms with Crippen LogP contribution in [-0.4, -0.2) is 67.3 Å². The average Bonchev–Trinajstić information content (AvgIpc) is 3.19. The fourth-order valence-corrected chi connectivity index (χ4v) is 7.14. The molecule has 1 fully saturated rings. The van der Waals surface area contributed by atoms with Crippen LogP contribution in [0.2, 0.25) is 5.02 Å². The maximum Gasteiger partial charge on any atom is 0.310 e. The largest absolute Gasteiger partial charge is 0.593 e. The Labute approximate surface area is 271 Å². The maximum absolute atomic E-state index is 13.2. The quantitative estimate of drug-likeness (QED) is 0.175.